The molecule has 1 saturated heterocycles. The summed E-state index contributed by atoms with van der Waals surface area (Å²) in [6, 6.07) is 4.15. The summed E-state index contributed by atoms with van der Waals surface area (Å²) in [7, 11) is 1.88. The minimum absolute atomic E-state index is 0.0971. The average molecular weight is 263 g/mol. The van der Waals surface area contributed by atoms with Gasteiger partial charge in [-0.2, -0.15) is 0 Å². The zero-order valence-corrected chi connectivity index (χ0v) is 12.7. The van der Waals surface area contributed by atoms with Gasteiger partial charge < -0.3 is 10.1 Å². The number of anilines is 1. The van der Waals surface area contributed by atoms with Crippen LogP contribution < -0.4 is 5.32 Å². The molecule has 0 aliphatic carbocycles. The maximum atomic E-state index is 6.10. The monoisotopic (exact) mass is 263 g/mol. The third kappa shape index (κ3) is 3.91. The Morgan fingerprint density at radius 3 is 2.32 bits per heavy atom. The fraction of sp³-hybridized carbons (Fsp3) is 0.667. The lowest BCUT2D eigenvalue weighted by molar-refractivity contribution is -0.182. The molecule has 0 radical (unpaired) electrons. The van der Waals surface area contributed by atoms with Gasteiger partial charge in [0.15, 0.2) is 0 Å². The van der Waals surface area contributed by atoms with Crippen LogP contribution in [0.5, 0.6) is 0 Å². The minimum atomic E-state index is -0.0971. The Hall–Kier alpha value is -1.13. The molecule has 106 valence electrons. The van der Waals surface area contributed by atoms with E-state index in [1.54, 1.807) is 0 Å². The molecule has 2 heterocycles. The molecule has 1 N–H and O–H groups in total. The van der Waals surface area contributed by atoms with Gasteiger partial charge >= 0.3 is 0 Å². The van der Waals surface area contributed by atoms with Gasteiger partial charge in [0.1, 0.15) is 5.82 Å². The van der Waals surface area contributed by atoms with E-state index in [1.165, 1.54) is 5.56 Å². The van der Waals surface area contributed by atoms with Crippen molar-refractivity contribution in [2.24, 2.45) is 0 Å². The molecular formula is C15H25N3O. The molecule has 0 atom stereocenters. The van der Waals surface area contributed by atoms with Gasteiger partial charge in [0, 0.05) is 32.9 Å². The quantitative estimate of drug-likeness (QED) is 0.909. The molecule has 0 spiro atoms. The van der Waals surface area contributed by atoms with Gasteiger partial charge in [-0.15, -0.1) is 0 Å². The molecule has 2 rings (SSSR count). The highest BCUT2D eigenvalue weighted by Crippen LogP contribution is 2.28. The predicted molar refractivity (Wildman–Crippen MR) is 78.3 cm³/mol. The molecular weight excluding hydrogens is 238 g/mol. The van der Waals surface area contributed by atoms with Crippen molar-refractivity contribution in [2.75, 3.05) is 25.5 Å². The van der Waals surface area contributed by atoms with Crippen molar-refractivity contribution in [1.82, 2.24) is 9.88 Å². The van der Waals surface area contributed by atoms with Crippen LogP contribution in [-0.4, -0.2) is 41.2 Å². The van der Waals surface area contributed by atoms with Gasteiger partial charge in [-0.05, 0) is 39.3 Å². The number of ether oxygens (including phenoxy) is 1. The smallest absolute Gasteiger partial charge is 0.125 e. The first kappa shape index (κ1) is 14.3. The Kier molecular flexibility index (Phi) is 3.83. The third-order valence-electron chi connectivity index (χ3n) is 3.25. The summed E-state index contributed by atoms with van der Waals surface area (Å²) in [5, 5.41) is 3.04. The van der Waals surface area contributed by atoms with E-state index in [0.717, 1.165) is 25.5 Å². The first-order valence-corrected chi connectivity index (χ1v) is 6.85. The summed E-state index contributed by atoms with van der Waals surface area (Å²) in [5.74, 6) is 0.909. The van der Waals surface area contributed by atoms with Crippen molar-refractivity contribution < 1.29 is 4.74 Å². The van der Waals surface area contributed by atoms with E-state index in [2.05, 4.69) is 49.0 Å². The zero-order valence-electron chi connectivity index (χ0n) is 12.7. The normalized spacial score (nSPS) is 22.2. The highest BCUT2D eigenvalue weighted by molar-refractivity contribution is 5.34. The van der Waals surface area contributed by atoms with E-state index in [1.807, 2.05) is 19.3 Å². The lowest BCUT2D eigenvalue weighted by Crippen LogP contribution is -2.56. The number of morpholine rings is 1. The van der Waals surface area contributed by atoms with Crippen LogP contribution in [0.4, 0.5) is 5.82 Å². The van der Waals surface area contributed by atoms with Crippen molar-refractivity contribution in [3.8, 4) is 0 Å². The molecule has 1 aromatic rings. The maximum Gasteiger partial charge on any atom is 0.125 e. The first-order valence-electron chi connectivity index (χ1n) is 6.85. The number of rotatable bonds is 3. The van der Waals surface area contributed by atoms with Gasteiger partial charge in [0.2, 0.25) is 0 Å². The zero-order chi connectivity index (χ0) is 14.1. The molecule has 0 bridgehead atoms. The van der Waals surface area contributed by atoms with Crippen molar-refractivity contribution in [2.45, 2.75) is 45.4 Å². The number of aromatic nitrogens is 1. The summed E-state index contributed by atoms with van der Waals surface area (Å²) in [6.45, 7) is 11.4. The second-order valence-corrected chi connectivity index (χ2v) is 6.57. The summed E-state index contributed by atoms with van der Waals surface area (Å²) < 4.78 is 6.10. The average Bonchev–Trinajstić information content (AvgIpc) is 2.25. The van der Waals surface area contributed by atoms with Crippen LogP contribution in [0.2, 0.25) is 0 Å². The van der Waals surface area contributed by atoms with E-state index in [4.69, 9.17) is 4.74 Å². The van der Waals surface area contributed by atoms with Crippen LogP contribution in [0.15, 0.2) is 18.3 Å². The van der Waals surface area contributed by atoms with Crippen LogP contribution >= 0.6 is 0 Å². The highest BCUT2D eigenvalue weighted by atomic mass is 16.5. The first-order chi connectivity index (χ1) is 8.80. The van der Waals surface area contributed by atoms with Crippen molar-refractivity contribution >= 4 is 5.82 Å². The Bertz CT molecular complexity index is 410. The van der Waals surface area contributed by atoms with E-state index in [0.29, 0.717) is 0 Å². The fourth-order valence-electron chi connectivity index (χ4n) is 2.98. The molecule has 0 saturated carbocycles. The molecule has 4 nitrogen and oxygen atoms in total. The summed E-state index contributed by atoms with van der Waals surface area (Å²) in [6.07, 6.45) is 1.95. The molecule has 1 aliphatic heterocycles. The van der Waals surface area contributed by atoms with Gasteiger partial charge in [-0.25, -0.2) is 4.98 Å². The van der Waals surface area contributed by atoms with E-state index < -0.39 is 0 Å². The third-order valence-corrected chi connectivity index (χ3v) is 3.25. The largest absolute Gasteiger partial charge is 0.373 e. The molecule has 0 amide bonds. The SMILES string of the molecule is CNc1ccc(CN2CC(C)(C)OC(C)(C)C2)cn1. The van der Waals surface area contributed by atoms with Crippen LogP contribution in [0.3, 0.4) is 0 Å². The Labute approximate surface area is 116 Å². The molecule has 1 fully saturated rings. The molecule has 0 unspecified atom stereocenters. The summed E-state index contributed by atoms with van der Waals surface area (Å²) in [4.78, 5) is 6.81. The molecule has 0 aromatic carbocycles. The number of pyridine rings is 1. The molecule has 1 aliphatic rings. The molecule has 1 aromatic heterocycles. The van der Waals surface area contributed by atoms with E-state index in [9.17, 15) is 0 Å². The van der Waals surface area contributed by atoms with Crippen LogP contribution in [-0.2, 0) is 11.3 Å². The van der Waals surface area contributed by atoms with Crippen LogP contribution in [0, 0.1) is 0 Å². The topological polar surface area (TPSA) is 37.4 Å². The molecule has 19 heavy (non-hydrogen) atoms. The Morgan fingerprint density at radius 2 is 1.84 bits per heavy atom. The predicted octanol–water partition coefficient (Wildman–Crippen LogP) is 2.51. The van der Waals surface area contributed by atoms with Gasteiger partial charge in [0.05, 0.1) is 11.2 Å². The Morgan fingerprint density at radius 1 is 1.21 bits per heavy atom. The standard InChI is InChI=1S/C15H25N3O/c1-14(2)10-18(11-15(3,4)19-14)9-12-6-7-13(16-5)17-8-12/h6-8H,9-11H2,1-5H3,(H,16,17). The van der Waals surface area contributed by atoms with Gasteiger partial charge in [0.25, 0.3) is 0 Å². The van der Waals surface area contributed by atoms with Gasteiger partial charge in [-0.3, -0.25) is 4.90 Å². The maximum absolute atomic E-state index is 6.10. The van der Waals surface area contributed by atoms with Crippen molar-refractivity contribution in [3.05, 3.63) is 23.9 Å². The van der Waals surface area contributed by atoms with E-state index >= 15 is 0 Å². The van der Waals surface area contributed by atoms with Crippen molar-refractivity contribution in [1.29, 1.82) is 0 Å². The summed E-state index contributed by atoms with van der Waals surface area (Å²) in [5.41, 5.74) is 1.05. The lowest BCUT2D eigenvalue weighted by Gasteiger charge is -2.47. The number of nitrogens with zero attached hydrogens (tertiary/aromatic N) is 2. The fourth-order valence-corrected chi connectivity index (χ4v) is 2.98. The number of hydrogen-bond donors (Lipinski definition) is 1. The summed E-state index contributed by atoms with van der Waals surface area (Å²) >= 11 is 0. The minimum Gasteiger partial charge on any atom is -0.373 e. The van der Waals surface area contributed by atoms with Crippen LogP contribution in [0.25, 0.3) is 0 Å². The van der Waals surface area contributed by atoms with Gasteiger partial charge in [-0.1, -0.05) is 6.07 Å². The van der Waals surface area contributed by atoms with E-state index in [-0.39, 0.29) is 11.2 Å². The lowest BCUT2D eigenvalue weighted by atomic mass is 9.98. The highest BCUT2D eigenvalue weighted by Gasteiger charge is 2.37. The number of hydrogen-bond acceptors (Lipinski definition) is 4. The molecule has 4 heteroatoms. The van der Waals surface area contributed by atoms with Crippen molar-refractivity contribution in [3.63, 3.8) is 0 Å². The second kappa shape index (κ2) is 5.10. The Balaban J connectivity index is 2.05. The van der Waals surface area contributed by atoms with Crippen LogP contribution in [0.1, 0.15) is 33.3 Å². The number of nitrogens with one attached hydrogen (secondary N) is 1. The second-order valence-electron chi connectivity index (χ2n) is 6.57.